The highest BCUT2D eigenvalue weighted by Crippen LogP contribution is 2.26. The van der Waals surface area contributed by atoms with Crippen LogP contribution < -0.4 is 5.73 Å². The Kier molecular flexibility index (Phi) is 5.02. The molecule has 0 aliphatic heterocycles. The molecule has 0 aromatic rings. The number of halogens is 3. The van der Waals surface area contributed by atoms with Crippen LogP contribution in [0.15, 0.2) is 0 Å². The molecule has 0 saturated heterocycles. The van der Waals surface area contributed by atoms with Crippen LogP contribution >= 0.6 is 0 Å². The Morgan fingerprint density at radius 1 is 1.47 bits per heavy atom. The van der Waals surface area contributed by atoms with E-state index >= 15 is 0 Å². The molecule has 4 nitrogen and oxygen atoms in total. The predicted octanol–water partition coefficient (Wildman–Crippen LogP) is 0.413. The van der Waals surface area contributed by atoms with Crippen molar-refractivity contribution < 1.29 is 18.3 Å². The third-order valence-corrected chi connectivity index (χ3v) is 1.84. The molecule has 7 heteroatoms. The third-order valence-electron chi connectivity index (χ3n) is 1.84. The van der Waals surface area contributed by atoms with Crippen molar-refractivity contribution in [1.29, 1.82) is 5.41 Å². The van der Waals surface area contributed by atoms with E-state index in [0.29, 0.717) is 0 Å². The van der Waals surface area contributed by atoms with E-state index in [0.717, 1.165) is 0 Å². The molecule has 90 valence electrons. The van der Waals surface area contributed by atoms with Crippen molar-refractivity contribution in [2.75, 3.05) is 20.1 Å². The number of rotatable bonds is 5. The average Bonchev–Trinajstić information content (AvgIpc) is 1.95. The van der Waals surface area contributed by atoms with E-state index in [9.17, 15) is 13.2 Å². The molecule has 0 fully saturated rings. The molecule has 0 aromatic heterocycles. The van der Waals surface area contributed by atoms with Gasteiger partial charge in [-0.15, -0.1) is 0 Å². The van der Waals surface area contributed by atoms with Gasteiger partial charge in [0.05, 0.1) is 6.10 Å². The maximum atomic E-state index is 12.4. The van der Waals surface area contributed by atoms with Crippen LogP contribution in [0.5, 0.6) is 0 Å². The van der Waals surface area contributed by atoms with Crippen LogP contribution in [0.3, 0.4) is 0 Å². The zero-order valence-electron chi connectivity index (χ0n) is 8.67. The highest BCUT2D eigenvalue weighted by Gasteiger charge is 2.42. The number of nitrogens with two attached hydrogens (primary N) is 1. The second-order valence-corrected chi connectivity index (χ2v) is 3.62. The Labute approximate surface area is 86.4 Å². The van der Waals surface area contributed by atoms with Crippen LogP contribution in [0, 0.1) is 11.3 Å². The van der Waals surface area contributed by atoms with Gasteiger partial charge >= 0.3 is 6.18 Å². The van der Waals surface area contributed by atoms with Crippen LogP contribution in [0.2, 0.25) is 0 Å². The second kappa shape index (κ2) is 5.32. The lowest BCUT2D eigenvalue weighted by Gasteiger charge is -2.25. The summed E-state index contributed by atoms with van der Waals surface area (Å²) >= 11 is 0. The topological polar surface area (TPSA) is 73.3 Å². The summed E-state index contributed by atoms with van der Waals surface area (Å²) in [5.41, 5.74) is 4.88. The van der Waals surface area contributed by atoms with Gasteiger partial charge in [0, 0.05) is 13.1 Å². The SMILES string of the molecule is CC(O)CN(C)CC(C(=N)N)C(F)(F)F. The first-order chi connectivity index (χ1) is 6.64. The van der Waals surface area contributed by atoms with E-state index in [1.807, 2.05) is 0 Å². The number of alkyl halides is 3. The van der Waals surface area contributed by atoms with Gasteiger partial charge in [-0.05, 0) is 14.0 Å². The Bertz CT molecular complexity index is 218. The fourth-order valence-electron chi connectivity index (χ4n) is 1.22. The van der Waals surface area contributed by atoms with E-state index in [-0.39, 0.29) is 6.54 Å². The number of amidine groups is 1. The molecule has 0 radical (unpaired) electrons. The largest absolute Gasteiger partial charge is 0.399 e. The number of nitrogens with zero attached hydrogens (tertiary/aromatic N) is 1. The fourth-order valence-corrected chi connectivity index (χ4v) is 1.22. The summed E-state index contributed by atoms with van der Waals surface area (Å²) in [4.78, 5) is 1.30. The minimum absolute atomic E-state index is 0.111. The molecule has 0 aliphatic carbocycles. The van der Waals surface area contributed by atoms with Gasteiger partial charge in [0.25, 0.3) is 0 Å². The van der Waals surface area contributed by atoms with E-state index < -0.39 is 30.6 Å². The van der Waals surface area contributed by atoms with Gasteiger partial charge in [0.15, 0.2) is 0 Å². The Hall–Kier alpha value is -0.820. The molecule has 0 heterocycles. The lowest BCUT2D eigenvalue weighted by molar-refractivity contribution is -0.159. The zero-order chi connectivity index (χ0) is 12.2. The minimum atomic E-state index is -4.52. The van der Waals surface area contributed by atoms with Crippen LogP contribution in [-0.2, 0) is 0 Å². The summed E-state index contributed by atoms with van der Waals surface area (Å²) in [6.45, 7) is 1.18. The van der Waals surface area contributed by atoms with Gasteiger partial charge < -0.3 is 15.7 Å². The summed E-state index contributed by atoms with van der Waals surface area (Å²) in [7, 11) is 1.44. The molecule has 0 amide bonds. The fraction of sp³-hybridized carbons (Fsp3) is 0.875. The standard InChI is InChI=1S/C8H16F3N3O/c1-5(15)3-14(2)4-6(7(12)13)8(9,10)11/h5-6,15H,3-4H2,1-2H3,(H3,12,13). The molecular weight excluding hydrogens is 211 g/mol. The first kappa shape index (κ1) is 14.2. The lowest BCUT2D eigenvalue weighted by atomic mass is 10.1. The molecule has 0 saturated carbocycles. The van der Waals surface area contributed by atoms with Crippen molar-refractivity contribution in [2.45, 2.75) is 19.2 Å². The highest BCUT2D eigenvalue weighted by molar-refractivity contribution is 5.80. The maximum absolute atomic E-state index is 12.4. The van der Waals surface area contributed by atoms with Crippen molar-refractivity contribution in [1.82, 2.24) is 4.90 Å². The molecule has 0 bridgehead atoms. The van der Waals surface area contributed by atoms with E-state index in [2.05, 4.69) is 0 Å². The number of aliphatic hydroxyl groups is 1. The first-order valence-corrected chi connectivity index (χ1v) is 4.41. The van der Waals surface area contributed by atoms with Crippen LogP contribution in [0.1, 0.15) is 6.92 Å². The molecular formula is C8H16F3N3O. The van der Waals surface area contributed by atoms with Crippen molar-refractivity contribution >= 4 is 5.84 Å². The quantitative estimate of drug-likeness (QED) is 0.470. The Morgan fingerprint density at radius 3 is 2.20 bits per heavy atom. The maximum Gasteiger partial charge on any atom is 0.399 e. The average molecular weight is 227 g/mol. The van der Waals surface area contributed by atoms with Gasteiger partial charge in [-0.3, -0.25) is 5.41 Å². The number of likely N-dealkylation sites (N-methyl/N-ethyl adjacent to an activating group) is 1. The summed E-state index contributed by atoms with van der Waals surface area (Å²) < 4.78 is 37.1. The Morgan fingerprint density at radius 2 is 1.93 bits per heavy atom. The summed E-state index contributed by atoms with van der Waals surface area (Å²) in [6.07, 6.45) is -5.23. The number of aliphatic hydroxyl groups excluding tert-OH is 1. The zero-order valence-corrected chi connectivity index (χ0v) is 8.67. The summed E-state index contributed by atoms with van der Waals surface area (Å²) in [5, 5.41) is 15.8. The molecule has 2 atom stereocenters. The minimum Gasteiger partial charge on any atom is -0.392 e. The second-order valence-electron chi connectivity index (χ2n) is 3.62. The van der Waals surface area contributed by atoms with Crippen LogP contribution in [-0.4, -0.2) is 48.3 Å². The molecule has 2 unspecified atom stereocenters. The monoisotopic (exact) mass is 227 g/mol. The van der Waals surface area contributed by atoms with Crippen LogP contribution in [0.25, 0.3) is 0 Å². The van der Waals surface area contributed by atoms with E-state index in [1.165, 1.54) is 18.9 Å². The smallest absolute Gasteiger partial charge is 0.392 e. The normalized spacial score (nSPS) is 16.5. The van der Waals surface area contributed by atoms with Gasteiger partial charge in [-0.2, -0.15) is 13.2 Å². The predicted molar refractivity (Wildman–Crippen MR) is 50.6 cm³/mol. The van der Waals surface area contributed by atoms with Crippen molar-refractivity contribution in [3.8, 4) is 0 Å². The molecule has 0 spiro atoms. The Balaban J connectivity index is 4.37. The number of nitrogens with one attached hydrogen (secondary N) is 1. The molecule has 0 aromatic carbocycles. The van der Waals surface area contributed by atoms with Gasteiger partial charge in [0.2, 0.25) is 0 Å². The van der Waals surface area contributed by atoms with Gasteiger partial charge in [-0.25, -0.2) is 0 Å². The molecule has 0 rings (SSSR count). The summed E-state index contributed by atoms with van der Waals surface area (Å²) in [6, 6.07) is 0. The van der Waals surface area contributed by atoms with E-state index in [4.69, 9.17) is 16.2 Å². The van der Waals surface area contributed by atoms with Crippen LogP contribution in [0.4, 0.5) is 13.2 Å². The number of hydrogen-bond acceptors (Lipinski definition) is 3. The van der Waals surface area contributed by atoms with E-state index in [1.54, 1.807) is 0 Å². The van der Waals surface area contributed by atoms with Crippen molar-refractivity contribution in [3.63, 3.8) is 0 Å². The summed E-state index contributed by atoms with van der Waals surface area (Å²) in [5.74, 6) is -2.87. The highest BCUT2D eigenvalue weighted by atomic mass is 19.4. The first-order valence-electron chi connectivity index (χ1n) is 4.41. The number of hydrogen-bond donors (Lipinski definition) is 3. The lowest BCUT2D eigenvalue weighted by Crippen LogP contribution is -2.44. The molecule has 0 aliphatic rings. The molecule has 4 N–H and O–H groups in total. The van der Waals surface area contributed by atoms with Gasteiger partial charge in [0.1, 0.15) is 11.8 Å². The van der Waals surface area contributed by atoms with Crippen molar-refractivity contribution in [2.24, 2.45) is 11.7 Å². The van der Waals surface area contributed by atoms with Gasteiger partial charge in [-0.1, -0.05) is 0 Å². The molecule has 15 heavy (non-hydrogen) atoms. The van der Waals surface area contributed by atoms with Crippen molar-refractivity contribution in [3.05, 3.63) is 0 Å². The third kappa shape index (κ3) is 5.58.